The Morgan fingerprint density at radius 1 is 0.905 bits per heavy atom. The summed E-state index contributed by atoms with van der Waals surface area (Å²) in [6.07, 6.45) is 0. The van der Waals surface area contributed by atoms with E-state index in [1.54, 1.807) is 37.3 Å². The van der Waals surface area contributed by atoms with Crippen molar-refractivity contribution in [2.45, 2.75) is 12.8 Å². The number of rotatable bonds is 4. The molecule has 6 N–H and O–H groups in total. The van der Waals surface area contributed by atoms with Gasteiger partial charge in [-0.05, 0) is 5.56 Å². The first kappa shape index (κ1) is 16.2. The first-order valence-corrected chi connectivity index (χ1v) is 6.08. The first-order valence-electron chi connectivity index (χ1n) is 6.08. The van der Waals surface area contributed by atoms with Gasteiger partial charge in [0.2, 0.25) is 11.8 Å². The lowest BCUT2D eigenvalue weighted by Gasteiger charge is -2.21. The van der Waals surface area contributed by atoms with Crippen LogP contribution in [-0.2, 0) is 9.59 Å². The number of carbonyl (C=O) groups excluding carboxylic acids is 4. The van der Waals surface area contributed by atoms with Gasteiger partial charge in [0, 0.05) is 5.92 Å². The maximum Gasteiger partial charge on any atom is 0.318 e. The van der Waals surface area contributed by atoms with Crippen LogP contribution in [0.2, 0.25) is 0 Å². The molecule has 0 aliphatic carbocycles. The van der Waals surface area contributed by atoms with Gasteiger partial charge in [-0.25, -0.2) is 9.59 Å². The van der Waals surface area contributed by atoms with Gasteiger partial charge >= 0.3 is 12.1 Å². The monoisotopic (exact) mass is 292 g/mol. The molecule has 8 heteroatoms. The molecule has 6 amide bonds. The van der Waals surface area contributed by atoms with E-state index in [1.807, 2.05) is 10.6 Å². The molecule has 0 fully saturated rings. The van der Waals surface area contributed by atoms with Gasteiger partial charge in [-0.3, -0.25) is 20.2 Å². The Hall–Kier alpha value is -2.90. The fourth-order valence-electron chi connectivity index (χ4n) is 1.92. The van der Waals surface area contributed by atoms with Crippen molar-refractivity contribution in [3.63, 3.8) is 0 Å². The third kappa shape index (κ3) is 4.60. The zero-order valence-corrected chi connectivity index (χ0v) is 11.3. The standard InChI is InChI=1S/C13H16N4O4/c1-7(8-5-3-2-4-6-8)9(10(18)16-12(14)20)11(19)17-13(15)21/h2-7,9H,1H3,(H3,14,16,18,20)(H3,15,17,19,21). The van der Waals surface area contributed by atoms with Crippen molar-refractivity contribution in [1.29, 1.82) is 0 Å². The van der Waals surface area contributed by atoms with Crippen LogP contribution in [0.3, 0.4) is 0 Å². The summed E-state index contributed by atoms with van der Waals surface area (Å²) in [5.74, 6) is -3.73. The molecule has 1 aromatic rings. The van der Waals surface area contributed by atoms with Crippen molar-refractivity contribution in [2.75, 3.05) is 0 Å². The van der Waals surface area contributed by atoms with Crippen LogP contribution in [0.4, 0.5) is 9.59 Å². The van der Waals surface area contributed by atoms with E-state index in [0.29, 0.717) is 5.56 Å². The summed E-state index contributed by atoms with van der Waals surface area (Å²) in [4.78, 5) is 45.5. The predicted molar refractivity (Wildman–Crippen MR) is 73.8 cm³/mol. The average molecular weight is 292 g/mol. The maximum absolute atomic E-state index is 12.0. The Balaban J connectivity index is 3.06. The Morgan fingerprint density at radius 2 is 1.33 bits per heavy atom. The minimum absolute atomic E-state index is 0.593. The van der Waals surface area contributed by atoms with E-state index < -0.39 is 35.7 Å². The molecule has 1 aromatic carbocycles. The molecule has 0 aliphatic rings. The van der Waals surface area contributed by atoms with Crippen molar-refractivity contribution in [3.8, 4) is 0 Å². The zero-order chi connectivity index (χ0) is 16.0. The van der Waals surface area contributed by atoms with Crippen molar-refractivity contribution >= 4 is 23.9 Å². The van der Waals surface area contributed by atoms with Crippen molar-refractivity contribution in [1.82, 2.24) is 10.6 Å². The SMILES string of the molecule is CC(c1ccccc1)C(C(=O)NC(N)=O)C(=O)NC(N)=O. The number of imide groups is 2. The summed E-state index contributed by atoms with van der Waals surface area (Å²) in [5, 5.41) is 3.67. The van der Waals surface area contributed by atoms with Crippen LogP contribution >= 0.6 is 0 Å². The van der Waals surface area contributed by atoms with E-state index in [2.05, 4.69) is 0 Å². The van der Waals surface area contributed by atoms with E-state index in [9.17, 15) is 19.2 Å². The van der Waals surface area contributed by atoms with Crippen molar-refractivity contribution in [3.05, 3.63) is 35.9 Å². The quantitative estimate of drug-likeness (QED) is 0.569. The Bertz CT molecular complexity index is 531. The second-order valence-corrected chi connectivity index (χ2v) is 4.38. The second-order valence-electron chi connectivity index (χ2n) is 4.38. The molecule has 1 rings (SSSR count). The Labute approximate surface area is 120 Å². The van der Waals surface area contributed by atoms with Gasteiger partial charge in [0.25, 0.3) is 0 Å². The molecule has 0 aromatic heterocycles. The number of nitrogens with one attached hydrogen (secondary N) is 2. The molecule has 0 saturated heterocycles. The summed E-state index contributed by atoms with van der Waals surface area (Å²) in [6.45, 7) is 1.61. The highest BCUT2D eigenvalue weighted by atomic mass is 16.2. The zero-order valence-electron chi connectivity index (χ0n) is 11.3. The van der Waals surface area contributed by atoms with Gasteiger partial charge in [0.1, 0.15) is 5.92 Å². The van der Waals surface area contributed by atoms with Crippen molar-refractivity contribution in [2.24, 2.45) is 17.4 Å². The molecular weight excluding hydrogens is 276 g/mol. The minimum Gasteiger partial charge on any atom is -0.351 e. The highest BCUT2D eigenvalue weighted by Crippen LogP contribution is 2.24. The molecular formula is C13H16N4O4. The van der Waals surface area contributed by atoms with Gasteiger partial charge in [-0.1, -0.05) is 37.3 Å². The molecule has 0 radical (unpaired) electrons. The number of nitrogens with two attached hydrogens (primary N) is 2. The summed E-state index contributed by atoms with van der Waals surface area (Å²) < 4.78 is 0. The van der Waals surface area contributed by atoms with Crippen molar-refractivity contribution < 1.29 is 19.2 Å². The number of carbonyl (C=O) groups is 4. The Kier molecular flexibility index (Phi) is 5.41. The van der Waals surface area contributed by atoms with Crippen LogP contribution in [0, 0.1) is 5.92 Å². The highest BCUT2D eigenvalue weighted by molar-refractivity contribution is 6.10. The lowest BCUT2D eigenvalue weighted by molar-refractivity contribution is -0.134. The van der Waals surface area contributed by atoms with Gasteiger partial charge < -0.3 is 11.5 Å². The van der Waals surface area contributed by atoms with Gasteiger partial charge in [-0.2, -0.15) is 0 Å². The molecule has 112 valence electrons. The number of hydrogen-bond donors (Lipinski definition) is 4. The first-order chi connectivity index (χ1) is 9.82. The van der Waals surface area contributed by atoms with E-state index in [-0.39, 0.29) is 0 Å². The summed E-state index contributed by atoms with van der Waals surface area (Å²) in [6, 6.07) is 6.51. The smallest absolute Gasteiger partial charge is 0.318 e. The number of primary amides is 2. The number of benzene rings is 1. The van der Waals surface area contributed by atoms with E-state index >= 15 is 0 Å². The van der Waals surface area contributed by atoms with E-state index in [4.69, 9.17) is 11.5 Å². The van der Waals surface area contributed by atoms with Crippen LogP contribution in [0.1, 0.15) is 18.4 Å². The number of urea groups is 2. The molecule has 0 bridgehead atoms. The normalized spacial score (nSPS) is 11.5. The van der Waals surface area contributed by atoms with Crippen LogP contribution in [-0.4, -0.2) is 23.9 Å². The molecule has 0 spiro atoms. The maximum atomic E-state index is 12.0. The average Bonchev–Trinajstić information content (AvgIpc) is 2.38. The fraction of sp³-hybridized carbons (Fsp3) is 0.231. The molecule has 1 atom stereocenters. The number of hydrogen-bond acceptors (Lipinski definition) is 4. The lowest BCUT2D eigenvalue weighted by Crippen LogP contribution is -2.49. The van der Waals surface area contributed by atoms with Crippen LogP contribution in [0.25, 0.3) is 0 Å². The third-order valence-corrected chi connectivity index (χ3v) is 2.88. The molecule has 1 unspecified atom stereocenters. The largest absolute Gasteiger partial charge is 0.351 e. The predicted octanol–water partition coefficient (Wildman–Crippen LogP) is -0.204. The van der Waals surface area contributed by atoms with Gasteiger partial charge in [-0.15, -0.1) is 0 Å². The topological polar surface area (TPSA) is 144 Å². The number of amides is 6. The van der Waals surface area contributed by atoms with Crippen LogP contribution in [0.5, 0.6) is 0 Å². The summed E-state index contributed by atoms with van der Waals surface area (Å²) >= 11 is 0. The molecule has 21 heavy (non-hydrogen) atoms. The highest BCUT2D eigenvalue weighted by Gasteiger charge is 2.34. The molecule has 8 nitrogen and oxygen atoms in total. The summed E-state index contributed by atoms with van der Waals surface area (Å²) in [7, 11) is 0. The van der Waals surface area contributed by atoms with E-state index in [0.717, 1.165) is 0 Å². The van der Waals surface area contributed by atoms with Crippen LogP contribution in [0.15, 0.2) is 30.3 Å². The van der Waals surface area contributed by atoms with Gasteiger partial charge in [0.05, 0.1) is 0 Å². The fourth-order valence-corrected chi connectivity index (χ4v) is 1.92. The summed E-state index contributed by atoms with van der Waals surface area (Å²) in [5.41, 5.74) is 10.4. The lowest BCUT2D eigenvalue weighted by atomic mass is 9.86. The third-order valence-electron chi connectivity index (χ3n) is 2.88. The molecule has 0 aliphatic heterocycles. The second kappa shape index (κ2) is 7.04. The van der Waals surface area contributed by atoms with E-state index in [1.165, 1.54) is 0 Å². The minimum atomic E-state index is -1.33. The van der Waals surface area contributed by atoms with Gasteiger partial charge in [0.15, 0.2) is 0 Å². The molecule has 0 heterocycles. The molecule has 0 saturated carbocycles. The van der Waals surface area contributed by atoms with Crippen LogP contribution < -0.4 is 22.1 Å². The Morgan fingerprint density at radius 3 is 1.71 bits per heavy atom.